The van der Waals surface area contributed by atoms with Crippen LogP contribution in [0, 0.1) is 5.82 Å². The second-order valence-corrected chi connectivity index (χ2v) is 5.62. The summed E-state index contributed by atoms with van der Waals surface area (Å²) in [6.45, 7) is 7.43. The fraction of sp³-hybridized carbons (Fsp3) is 0.389. The summed E-state index contributed by atoms with van der Waals surface area (Å²) in [6.07, 6.45) is 0. The zero-order chi connectivity index (χ0) is 18.2. The number of nitrogens with one attached hydrogen (secondary N) is 1. The third kappa shape index (κ3) is 5.49. The molecule has 0 aliphatic carbocycles. The topological polar surface area (TPSA) is 67.2 Å². The zero-order valence-electron chi connectivity index (χ0n) is 14.5. The van der Waals surface area contributed by atoms with Gasteiger partial charge < -0.3 is 10.2 Å². The van der Waals surface area contributed by atoms with Crippen LogP contribution in [0.5, 0.6) is 0 Å². The summed E-state index contributed by atoms with van der Waals surface area (Å²) in [5.74, 6) is -0.662. The molecule has 0 saturated carbocycles. The molecule has 0 atom stereocenters. The molecule has 0 fully saturated rings. The lowest BCUT2D eigenvalue weighted by Gasteiger charge is -2.17. The SMILES string of the molecule is CCN(CC)CCNC(=O)c1ccc(=O)n(Cc2ccc(F)cc2)n1. The molecular weight excluding hydrogens is 323 g/mol. The van der Waals surface area contributed by atoms with Crippen molar-refractivity contribution in [3.8, 4) is 0 Å². The number of aromatic nitrogens is 2. The highest BCUT2D eigenvalue weighted by Crippen LogP contribution is 2.03. The molecule has 2 rings (SSSR count). The van der Waals surface area contributed by atoms with Gasteiger partial charge in [-0.2, -0.15) is 5.10 Å². The molecule has 25 heavy (non-hydrogen) atoms. The van der Waals surface area contributed by atoms with Crippen LogP contribution in [0.2, 0.25) is 0 Å². The first-order valence-corrected chi connectivity index (χ1v) is 8.36. The standard InChI is InChI=1S/C18H23FN4O2/c1-3-22(4-2)12-11-20-18(25)16-9-10-17(24)23(21-16)13-14-5-7-15(19)8-6-14/h5-10H,3-4,11-13H2,1-2H3,(H,20,25). The molecule has 0 aliphatic rings. The number of hydrogen-bond acceptors (Lipinski definition) is 4. The fourth-order valence-electron chi connectivity index (χ4n) is 2.40. The summed E-state index contributed by atoms with van der Waals surface area (Å²) in [5, 5.41) is 6.92. The first kappa shape index (κ1) is 18.8. The van der Waals surface area contributed by atoms with Gasteiger partial charge >= 0.3 is 0 Å². The van der Waals surface area contributed by atoms with E-state index in [9.17, 15) is 14.0 Å². The third-order valence-corrected chi connectivity index (χ3v) is 3.95. The van der Waals surface area contributed by atoms with Crippen LogP contribution in [-0.2, 0) is 6.54 Å². The number of likely N-dealkylation sites (N-methyl/N-ethyl adjacent to an activating group) is 1. The summed E-state index contributed by atoms with van der Waals surface area (Å²) in [6, 6.07) is 8.54. The monoisotopic (exact) mass is 346 g/mol. The van der Waals surface area contributed by atoms with Crippen LogP contribution >= 0.6 is 0 Å². The maximum Gasteiger partial charge on any atom is 0.271 e. The quantitative estimate of drug-likeness (QED) is 0.787. The van der Waals surface area contributed by atoms with Gasteiger partial charge in [0.05, 0.1) is 6.54 Å². The van der Waals surface area contributed by atoms with Crippen molar-refractivity contribution in [2.24, 2.45) is 0 Å². The number of benzene rings is 1. The molecule has 6 nitrogen and oxygen atoms in total. The van der Waals surface area contributed by atoms with Gasteiger partial charge in [0.1, 0.15) is 11.5 Å². The summed E-state index contributed by atoms with van der Waals surface area (Å²) < 4.78 is 14.2. The molecule has 1 N–H and O–H groups in total. The van der Waals surface area contributed by atoms with E-state index in [4.69, 9.17) is 0 Å². The number of nitrogens with zero attached hydrogens (tertiary/aromatic N) is 3. The minimum Gasteiger partial charge on any atom is -0.349 e. The third-order valence-electron chi connectivity index (χ3n) is 3.95. The highest BCUT2D eigenvalue weighted by atomic mass is 19.1. The van der Waals surface area contributed by atoms with Crippen molar-refractivity contribution >= 4 is 5.91 Å². The van der Waals surface area contributed by atoms with Crippen LogP contribution in [0.15, 0.2) is 41.2 Å². The van der Waals surface area contributed by atoms with Crippen molar-refractivity contribution in [1.82, 2.24) is 20.0 Å². The molecule has 0 unspecified atom stereocenters. The van der Waals surface area contributed by atoms with Gasteiger partial charge in [0, 0.05) is 19.2 Å². The maximum atomic E-state index is 13.0. The Hall–Kier alpha value is -2.54. The van der Waals surface area contributed by atoms with E-state index in [0.717, 1.165) is 25.2 Å². The molecular formula is C18H23FN4O2. The molecule has 7 heteroatoms. The fourth-order valence-corrected chi connectivity index (χ4v) is 2.40. The van der Waals surface area contributed by atoms with Gasteiger partial charge in [-0.1, -0.05) is 26.0 Å². The predicted octanol–water partition coefficient (Wildman–Crippen LogP) is 1.50. The van der Waals surface area contributed by atoms with E-state index in [2.05, 4.69) is 29.2 Å². The molecule has 134 valence electrons. The van der Waals surface area contributed by atoms with Gasteiger partial charge in [0.2, 0.25) is 0 Å². The van der Waals surface area contributed by atoms with E-state index in [1.54, 1.807) is 12.1 Å². The summed E-state index contributed by atoms with van der Waals surface area (Å²) >= 11 is 0. The van der Waals surface area contributed by atoms with E-state index in [-0.39, 0.29) is 29.5 Å². The van der Waals surface area contributed by atoms with E-state index in [1.807, 2.05) is 0 Å². The lowest BCUT2D eigenvalue weighted by atomic mass is 10.2. The molecule has 0 aliphatic heterocycles. The van der Waals surface area contributed by atoms with Crippen LogP contribution < -0.4 is 10.9 Å². The lowest BCUT2D eigenvalue weighted by Crippen LogP contribution is -2.36. The minimum absolute atomic E-state index is 0.180. The highest BCUT2D eigenvalue weighted by molar-refractivity contribution is 5.91. The predicted molar refractivity (Wildman–Crippen MR) is 94.1 cm³/mol. The highest BCUT2D eigenvalue weighted by Gasteiger charge is 2.10. The number of amides is 1. The van der Waals surface area contributed by atoms with Crippen molar-refractivity contribution in [2.75, 3.05) is 26.2 Å². The van der Waals surface area contributed by atoms with E-state index in [1.165, 1.54) is 28.9 Å². The Labute approximate surface area is 146 Å². The number of halogens is 1. The lowest BCUT2D eigenvalue weighted by molar-refractivity contribution is 0.0941. The molecule has 1 aromatic heterocycles. The van der Waals surface area contributed by atoms with E-state index in [0.29, 0.717) is 6.54 Å². The van der Waals surface area contributed by atoms with Crippen LogP contribution in [0.25, 0.3) is 0 Å². The van der Waals surface area contributed by atoms with Crippen LogP contribution in [-0.4, -0.2) is 46.8 Å². The molecule has 0 spiro atoms. The van der Waals surface area contributed by atoms with Gasteiger partial charge in [-0.25, -0.2) is 9.07 Å². The summed E-state index contributed by atoms with van der Waals surface area (Å²) in [7, 11) is 0. The van der Waals surface area contributed by atoms with Crippen molar-refractivity contribution in [3.63, 3.8) is 0 Å². The smallest absolute Gasteiger partial charge is 0.271 e. The Morgan fingerprint density at radius 1 is 1.16 bits per heavy atom. The van der Waals surface area contributed by atoms with Gasteiger partial charge in [-0.3, -0.25) is 9.59 Å². The molecule has 0 radical (unpaired) electrons. The van der Waals surface area contributed by atoms with Gasteiger partial charge in [0.25, 0.3) is 11.5 Å². The zero-order valence-corrected chi connectivity index (χ0v) is 14.5. The Bertz CT molecular complexity index is 754. The first-order chi connectivity index (χ1) is 12.0. The Morgan fingerprint density at radius 2 is 1.84 bits per heavy atom. The second kappa shape index (κ2) is 9.08. The molecule has 1 heterocycles. The van der Waals surface area contributed by atoms with Crippen molar-refractivity contribution in [1.29, 1.82) is 0 Å². The van der Waals surface area contributed by atoms with Crippen molar-refractivity contribution in [3.05, 3.63) is 63.8 Å². The van der Waals surface area contributed by atoms with Crippen LogP contribution in [0.1, 0.15) is 29.9 Å². The number of hydrogen-bond donors (Lipinski definition) is 1. The molecule has 2 aromatic rings. The van der Waals surface area contributed by atoms with Crippen LogP contribution in [0.3, 0.4) is 0 Å². The van der Waals surface area contributed by atoms with Crippen molar-refractivity contribution in [2.45, 2.75) is 20.4 Å². The summed E-state index contributed by atoms with van der Waals surface area (Å²) in [4.78, 5) is 26.3. The Morgan fingerprint density at radius 3 is 2.48 bits per heavy atom. The van der Waals surface area contributed by atoms with Crippen molar-refractivity contribution < 1.29 is 9.18 Å². The maximum absolute atomic E-state index is 13.0. The van der Waals surface area contributed by atoms with E-state index >= 15 is 0 Å². The first-order valence-electron chi connectivity index (χ1n) is 8.36. The minimum atomic E-state index is -0.342. The molecule has 1 amide bonds. The normalized spacial score (nSPS) is 10.9. The number of carbonyl (C=O) groups is 1. The second-order valence-electron chi connectivity index (χ2n) is 5.62. The average Bonchev–Trinajstić information content (AvgIpc) is 2.62. The Balaban J connectivity index is 2.03. The van der Waals surface area contributed by atoms with Gasteiger partial charge in [-0.05, 0) is 36.9 Å². The molecule has 0 saturated heterocycles. The number of rotatable bonds is 8. The van der Waals surface area contributed by atoms with Gasteiger partial charge in [0.15, 0.2) is 0 Å². The molecule has 1 aromatic carbocycles. The average molecular weight is 346 g/mol. The Kier molecular flexibility index (Phi) is 6.82. The molecule has 0 bridgehead atoms. The van der Waals surface area contributed by atoms with Crippen LogP contribution in [0.4, 0.5) is 4.39 Å². The number of carbonyl (C=O) groups excluding carboxylic acids is 1. The summed E-state index contributed by atoms with van der Waals surface area (Å²) in [5.41, 5.74) is 0.598. The van der Waals surface area contributed by atoms with E-state index < -0.39 is 0 Å². The largest absolute Gasteiger partial charge is 0.349 e. The van der Waals surface area contributed by atoms with Gasteiger partial charge in [-0.15, -0.1) is 0 Å².